The highest BCUT2D eigenvalue weighted by atomic mass is 32.2. The molecule has 0 radical (unpaired) electrons. The minimum Gasteiger partial charge on any atom is -0.467 e. The van der Waals surface area contributed by atoms with Crippen LogP contribution in [0.2, 0.25) is 0 Å². The minimum absolute atomic E-state index is 0.150. The van der Waals surface area contributed by atoms with Crippen molar-refractivity contribution in [3.63, 3.8) is 0 Å². The topological polar surface area (TPSA) is 72.5 Å². The van der Waals surface area contributed by atoms with E-state index in [-0.39, 0.29) is 16.9 Å². The van der Waals surface area contributed by atoms with Crippen LogP contribution in [0.3, 0.4) is 0 Å². The molecule has 0 aliphatic heterocycles. The van der Waals surface area contributed by atoms with Crippen LogP contribution in [0.15, 0.2) is 0 Å². The second kappa shape index (κ2) is 6.74. The maximum atomic E-state index is 12.0. The monoisotopic (exact) mass is 261 g/mol. The molecule has 0 aromatic rings. The van der Waals surface area contributed by atoms with Gasteiger partial charge in [0.05, 0.1) is 12.9 Å². The van der Waals surface area contributed by atoms with Crippen LogP contribution < -0.4 is 5.32 Å². The van der Waals surface area contributed by atoms with Crippen molar-refractivity contribution in [2.24, 2.45) is 0 Å². The summed E-state index contributed by atoms with van der Waals surface area (Å²) in [4.78, 5) is 22.4. The summed E-state index contributed by atoms with van der Waals surface area (Å²) in [6, 6.07) is -0.793. The van der Waals surface area contributed by atoms with Crippen LogP contribution in [0.1, 0.15) is 32.6 Å². The first-order chi connectivity index (χ1) is 8.04. The molecule has 2 atom stereocenters. The molecule has 6 heteroatoms. The highest BCUT2D eigenvalue weighted by molar-refractivity contribution is 7.85. The minimum atomic E-state index is -1.08. The number of esters is 1. The zero-order valence-electron chi connectivity index (χ0n) is 10.2. The van der Waals surface area contributed by atoms with Crippen molar-refractivity contribution in [3.05, 3.63) is 0 Å². The van der Waals surface area contributed by atoms with Gasteiger partial charge < -0.3 is 10.1 Å². The quantitative estimate of drug-likeness (QED) is 0.725. The summed E-state index contributed by atoms with van der Waals surface area (Å²) in [5.74, 6) is -0.702. The zero-order chi connectivity index (χ0) is 12.8. The second-order valence-corrected chi connectivity index (χ2v) is 5.99. The molecule has 1 rings (SSSR count). The molecule has 1 saturated carbocycles. The van der Waals surface area contributed by atoms with Gasteiger partial charge in [-0.25, -0.2) is 4.79 Å². The maximum Gasteiger partial charge on any atom is 0.329 e. The van der Waals surface area contributed by atoms with Gasteiger partial charge in [-0.3, -0.25) is 9.00 Å². The molecule has 0 heterocycles. The first-order valence-corrected chi connectivity index (χ1v) is 7.15. The van der Waals surface area contributed by atoms with Crippen LogP contribution in [-0.4, -0.2) is 40.2 Å². The lowest BCUT2D eigenvalue weighted by molar-refractivity contribution is -0.144. The van der Waals surface area contributed by atoms with Crippen LogP contribution in [-0.2, 0) is 25.1 Å². The van der Waals surface area contributed by atoms with E-state index in [9.17, 15) is 13.8 Å². The summed E-state index contributed by atoms with van der Waals surface area (Å²) in [7, 11) is 0.180. The number of hydrogen-bond donors (Lipinski definition) is 1. The molecule has 5 nitrogen and oxygen atoms in total. The number of carbonyl (C=O) groups is 2. The van der Waals surface area contributed by atoms with Crippen LogP contribution in [0.4, 0.5) is 0 Å². The molecule has 0 saturated heterocycles. The zero-order valence-corrected chi connectivity index (χ0v) is 11.0. The number of methoxy groups -OCH3 is 1. The number of hydrogen-bond acceptors (Lipinski definition) is 4. The van der Waals surface area contributed by atoms with Gasteiger partial charge in [0.1, 0.15) is 6.04 Å². The van der Waals surface area contributed by atoms with Crippen LogP contribution >= 0.6 is 0 Å². The van der Waals surface area contributed by atoms with Crippen molar-refractivity contribution in [2.45, 2.75) is 43.9 Å². The van der Waals surface area contributed by atoms with Crippen LogP contribution in [0.5, 0.6) is 0 Å². The van der Waals surface area contributed by atoms with Gasteiger partial charge in [-0.15, -0.1) is 0 Å². The van der Waals surface area contributed by atoms with Gasteiger partial charge in [0.25, 0.3) is 0 Å². The van der Waals surface area contributed by atoms with E-state index < -0.39 is 22.8 Å². The van der Waals surface area contributed by atoms with E-state index in [1.165, 1.54) is 14.0 Å². The first kappa shape index (κ1) is 14.2. The van der Waals surface area contributed by atoms with Gasteiger partial charge in [-0.2, -0.15) is 0 Å². The Morgan fingerprint density at radius 1 is 1.41 bits per heavy atom. The molecule has 98 valence electrons. The highest BCUT2D eigenvalue weighted by Gasteiger charge is 2.28. The molecule has 1 N–H and O–H groups in total. The Morgan fingerprint density at radius 2 is 2.00 bits per heavy atom. The summed E-state index contributed by atoms with van der Waals surface area (Å²) in [5, 5.41) is 2.64. The van der Waals surface area contributed by atoms with E-state index in [0.717, 1.165) is 25.7 Å². The van der Waals surface area contributed by atoms with Gasteiger partial charge in [-0.1, -0.05) is 12.8 Å². The number of nitrogens with one attached hydrogen (secondary N) is 1. The Balaban J connectivity index is 2.55. The third-order valence-electron chi connectivity index (χ3n) is 2.87. The summed E-state index contributed by atoms with van der Waals surface area (Å²) in [5.41, 5.74) is 0. The molecule has 17 heavy (non-hydrogen) atoms. The van der Waals surface area contributed by atoms with Crippen molar-refractivity contribution in [3.8, 4) is 0 Å². The van der Waals surface area contributed by atoms with Gasteiger partial charge in [-0.05, 0) is 12.8 Å². The molecule has 1 aliphatic rings. The SMILES string of the molecule is COC(=O)C(CS(=O)C1CCCC1)NC(C)=O. The van der Waals surface area contributed by atoms with Crippen molar-refractivity contribution in [2.75, 3.05) is 12.9 Å². The van der Waals surface area contributed by atoms with E-state index in [1.807, 2.05) is 0 Å². The standard InChI is InChI=1S/C11H19NO4S/c1-8(13)12-10(11(14)16-2)7-17(15)9-5-3-4-6-9/h9-10H,3-7H2,1-2H3,(H,12,13). The summed E-state index contributed by atoms with van der Waals surface area (Å²) in [6.07, 6.45) is 4.08. The molecule has 1 aliphatic carbocycles. The first-order valence-electron chi connectivity index (χ1n) is 5.76. The number of amides is 1. The summed E-state index contributed by atoms with van der Waals surface area (Å²) in [6.45, 7) is 1.33. The van der Waals surface area contributed by atoms with Gasteiger partial charge in [0.2, 0.25) is 5.91 Å². The summed E-state index contributed by atoms with van der Waals surface area (Å²) >= 11 is 0. The van der Waals surface area contributed by atoms with Crippen molar-refractivity contribution in [1.29, 1.82) is 0 Å². The fourth-order valence-electron chi connectivity index (χ4n) is 2.01. The molecular weight excluding hydrogens is 242 g/mol. The van der Waals surface area contributed by atoms with Crippen LogP contribution in [0.25, 0.3) is 0 Å². The van der Waals surface area contributed by atoms with Gasteiger partial charge in [0.15, 0.2) is 0 Å². The molecule has 2 unspecified atom stereocenters. The van der Waals surface area contributed by atoms with E-state index in [4.69, 9.17) is 0 Å². The Labute approximate surface area is 104 Å². The molecule has 1 amide bonds. The molecule has 0 spiro atoms. The Bertz CT molecular complexity index is 313. The lowest BCUT2D eigenvalue weighted by Gasteiger charge is -2.17. The fraction of sp³-hybridized carbons (Fsp3) is 0.818. The predicted molar refractivity (Wildman–Crippen MR) is 64.9 cm³/mol. The predicted octanol–water partition coefficient (Wildman–Crippen LogP) is 0.355. The molecule has 0 aromatic carbocycles. The Kier molecular flexibility index (Phi) is 5.61. The van der Waals surface area contributed by atoms with E-state index in [0.29, 0.717) is 0 Å². The van der Waals surface area contributed by atoms with Crippen LogP contribution in [0, 0.1) is 0 Å². The molecule has 0 bridgehead atoms. The van der Waals surface area contributed by atoms with E-state index in [1.54, 1.807) is 0 Å². The number of ether oxygens (including phenoxy) is 1. The fourth-order valence-corrected chi connectivity index (χ4v) is 3.69. The third-order valence-corrected chi connectivity index (χ3v) is 4.74. The Hall–Kier alpha value is -0.910. The van der Waals surface area contributed by atoms with E-state index in [2.05, 4.69) is 10.1 Å². The van der Waals surface area contributed by atoms with Gasteiger partial charge >= 0.3 is 5.97 Å². The third kappa shape index (κ3) is 4.46. The number of rotatable bonds is 5. The summed E-state index contributed by atoms with van der Waals surface area (Å²) < 4.78 is 16.6. The maximum absolute atomic E-state index is 12.0. The molecular formula is C11H19NO4S. The largest absolute Gasteiger partial charge is 0.467 e. The lowest BCUT2D eigenvalue weighted by Crippen LogP contribution is -2.45. The van der Waals surface area contributed by atoms with Crippen molar-refractivity contribution < 1.29 is 18.5 Å². The van der Waals surface area contributed by atoms with Crippen molar-refractivity contribution >= 4 is 22.7 Å². The average Bonchev–Trinajstić information content (AvgIpc) is 2.79. The van der Waals surface area contributed by atoms with E-state index >= 15 is 0 Å². The second-order valence-electron chi connectivity index (χ2n) is 4.23. The smallest absolute Gasteiger partial charge is 0.329 e. The number of carbonyl (C=O) groups excluding carboxylic acids is 2. The normalized spacial score (nSPS) is 19.6. The van der Waals surface area contributed by atoms with Gasteiger partial charge in [0, 0.05) is 23.0 Å². The molecule has 1 fully saturated rings. The Morgan fingerprint density at radius 3 is 2.47 bits per heavy atom. The molecule has 0 aromatic heterocycles. The lowest BCUT2D eigenvalue weighted by atomic mass is 10.3. The average molecular weight is 261 g/mol. The van der Waals surface area contributed by atoms with Crippen molar-refractivity contribution in [1.82, 2.24) is 5.32 Å². The highest BCUT2D eigenvalue weighted by Crippen LogP contribution is 2.23.